The van der Waals surface area contributed by atoms with Crippen molar-refractivity contribution >= 4 is 21.6 Å². The minimum absolute atomic E-state index is 0.197. The van der Waals surface area contributed by atoms with Crippen LogP contribution in [0.25, 0.3) is 0 Å². The number of anilines is 1. The maximum atomic E-state index is 12.5. The zero-order valence-electron chi connectivity index (χ0n) is 17.6. The van der Waals surface area contributed by atoms with E-state index in [1.807, 2.05) is 0 Å². The lowest BCUT2D eigenvalue weighted by Gasteiger charge is -2.23. The molecule has 10 heteroatoms. The highest BCUT2D eigenvalue weighted by molar-refractivity contribution is 7.92. The first-order valence-electron chi connectivity index (χ1n) is 8.90. The van der Waals surface area contributed by atoms with Gasteiger partial charge < -0.3 is 24.3 Å². The normalized spacial score (nSPS) is 10.8. The van der Waals surface area contributed by atoms with Gasteiger partial charge in [-0.15, -0.1) is 0 Å². The van der Waals surface area contributed by atoms with E-state index in [9.17, 15) is 13.2 Å². The van der Waals surface area contributed by atoms with E-state index in [0.29, 0.717) is 23.0 Å². The highest BCUT2D eigenvalue weighted by atomic mass is 32.2. The molecule has 0 aromatic heterocycles. The maximum Gasteiger partial charge on any atom is 0.241 e. The number of hydrogen-bond donors (Lipinski definition) is 1. The highest BCUT2D eigenvalue weighted by Gasteiger charge is 2.22. The van der Waals surface area contributed by atoms with Crippen molar-refractivity contribution in [3.8, 4) is 23.0 Å². The number of nitrogens with one attached hydrogen (secondary N) is 1. The lowest BCUT2D eigenvalue weighted by molar-refractivity contribution is -0.119. The number of carbonyl (C=O) groups excluding carboxylic acids is 1. The van der Waals surface area contributed by atoms with E-state index in [1.54, 1.807) is 30.3 Å². The van der Waals surface area contributed by atoms with Crippen molar-refractivity contribution in [2.75, 3.05) is 45.5 Å². The van der Waals surface area contributed by atoms with Gasteiger partial charge in [-0.1, -0.05) is 6.07 Å². The quantitative estimate of drug-likeness (QED) is 0.603. The Morgan fingerprint density at radius 3 is 1.93 bits per heavy atom. The molecule has 0 unspecified atom stereocenters. The van der Waals surface area contributed by atoms with Gasteiger partial charge >= 0.3 is 0 Å². The van der Waals surface area contributed by atoms with Crippen molar-refractivity contribution in [3.63, 3.8) is 0 Å². The maximum absolute atomic E-state index is 12.5. The number of hydrogen-bond acceptors (Lipinski definition) is 7. The molecule has 9 nitrogen and oxygen atoms in total. The average Bonchev–Trinajstić information content (AvgIpc) is 2.74. The molecule has 0 bridgehead atoms. The summed E-state index contributed by atoms with van der Waals surface area (Å²) in [6.07, 6.45) is 1.03. The molecule has 0 radical (unpaired) electrons. The van der Waals surface area contributed by atoms with Gasteiger partial charge in [0.25, 0.3) is 0 Å². The van der Waals surface area contributed by atoms with E-state index in [4.69, 9.17) is 18.9 Å². The van der Waals surface area contributed by atoms with Crippen LogP contribution < -0.4 is 28.6 Å². The van der Waals surface area contributed by atoms with Crippen LogP contribution in [0, 0.1) is 0 Å². The van der Waals surface area contributed by atoms with Crippen molar-refractivity contribution in [3.05, 3.63) is 42.0 Å². The molecule has 0 aliphatic rings. The van der Waals surface area contributed by atoms with Gasteiger partial charge in [0.2, 0.25) is 15.9 Å². The van der Waals surface area contributed by atoms with Crippen molar-refractivity contribution < 1.29 is 32.2 Å². The van der Waals surface area contributed by atoms with Gasteiger partial charge in [-0.2, -0.15) is 0 Å². The van der Waals surface area contributed by atoms with Crippen molar-refractivity contribution in [1.29, 1.82) is 0 Å². The Kier molecular flexibility index (Phi) is 7.76. The summed E-state index contributed by atoms with van der Waals surface area (Å²) in [6.45, 7) is -0.190. The van der Waals surface area contributed by atoms with E-state index in [0.717, 1.165) is 16.1 Å². The SMILES string of the molecule is COc1ccc(CNC(=O)CN(c2ccc(OC)c(OC)c2)S(C)(=O)=O)cc1OC. The summed E-state index contributed by atoms with van der Waals surface area (Å²) in [5, 5.41) is 2.71. The average molecular weight is 439 g/mol. The second-order valence-electron chi connectivity index (χ2n) is 6.27. The van der Waals surface area contributed by atoms with Crippen LogP contribution in [0.5, 0.6) is 23.0 Å². The van der Waals surface area contributed by atoms with Gasteiger partial charge in [0.15, 0.2) is 23.0 Å². The van der Waals surface area contributed by atoms with Gasteiger partial charge in [0.1, 0.15) is 6.54 Å². The first kappa shape index (κ1) is 23.1. The molecule has 0 saturated heterocycles. The zero-order valence-corrected chi connectivity index (χ0v) is 18.4. The van der Waals surface area contributed by atoms with Gasteiger partial charge in [-0.25, -0.2) is 8.42 Å². The third-order valence-electron chi connectivity index (χ3n) is 4.28. The zero-order chi connectivity index (χ0) is 22.3. The first-order chi connectivity index (χ1) is 14.2. The number of sulfonamides is 1. The minimum Gasteiger partial charge on any atom is -0.493 e. The summed E-state index contributed by atoms with van der Waals surface area (Å²) in [6, 6.07) is 9.87. The second kappa shape index (κ2) is 10.1. The molecule has 0 aliphatic heterocycles. The molecule has 0 fully saturated rings. The van der Waals surface area contributed by atoms with E-state index < -0.39 is 15.9 Å². The molecule has 2 rings (SSSR count). The second-order valence-corrected chi connectivity index (χ2v) is 8.18. The fourth-order valence-electron chi connectivity index (χ4n) is 2.76. The summed E-state index contributed by atoms with van der Waals surface area (Å²) in [5.41, 5.74) is 1.06. The summed E-state index contributed by atoms with van der Waals surface area (Å²) in [7, 11) is 2.26. The molecule has 30 heavy (non-hydrogen) atoms. The Balaban J connectivity index is 2.15. The highest BCUT2D eigenvalue weighted by Crippen LogP contribution is 2.32. The number of methoxy groups -OCH3 is 4. The molecule has 2 aromatic rings. The van der Waals surface area contributed by atoms with Crippen LogP contribution >= 0.6 is 0 Å². The van der Waals surface area contributed by atoms with Crippen LogP contribution in [0.15, 0.2) is 36.4 Å². The molecule has 2 aromatic carbocycles. The molecule has 164 valence electrons. The Morgan fingerprint density at radius 1 is 0.867 bits per heavy atom. The summed E-state index contributed by atoms with van der Waals surface area (Å²) < 4.78 is 46.4. The number of rotatable bonds is 10. The van der Waals surface area contributed by atoms with E-state index in [-0.39, 0.29) is 18.8 Å². The Bertz CT molecular complexity index is 993. The lowest BCUT2D eigenvalue weighted by atomic mass is 10.2. The number of amides is 1. The molecular formula is C20H26N2O7S. The third-order valence-corrected chi connectivity index (χ3v) is 5.42. The lowest BCUT2D eigenvalue weighted by Crippen LogP contribution is -2.40. The van der Waals surface area contributed by atoms with Crippen molar-refractivity contribution in [2.45, 2.75) is 6.54 Å². The molecule has 0 atom stereocenters. The molecule has 1 amide bonds. The molecule has 0 heterocycles. The molecule has 1 N–H and O–H groups in total. The molecule has 0 saturated carbocycles. The monoisotopic (exact) mass is 438 g/mol. The van der Waals surface area contributed by atoms with Crippen molar-refractivity contribution in [2.24, 2.45) is 0 Å². The molecule has 0 spiro atoms. The summed E-state index contributed by atoms with van der Waals surface area (Å²) in [5.74, 6) is 1.45. The Labute approximate surface area is 176 Å². The molecule has 0 aliphatic carbocycles. The van der Waals surface area contributed by atoms with E-state index in [2.05, 4.69) is 5.32 Å². The van der Waals surface area contributed by atoms with Crippen LogP contribution in [0.4, 0.5) is 5.69 Å². The van der Waals surface area contributed by atoms with E-state index >= 15 is 0 Å². The van der Waals surface area contributed by atoms with Gasteiger partial charge in [0, 0.05) is 12.6 Å². The number of carbonyl (C=O) groups is 1. The first-order valence-corrected chi connectivity index (χ1v) is 10.8. The summed E-state index contributed by atoms with van der Waals surface area (Å²) in [4.78, 5) is 12.5. The topological polar surface area (TPSA) is 103 Å². The van der Waals surface area contributed by atoms with Crippen LogP contribution in [0.2, 0.25) is 0 Å². The van der Waals surface area contributed by atoms with Gasteiger partial charge in [0.05, 0.1) is 40.4 Å². The largest absolute Gasteiger partial charge is 0.493 e. The van der Waals surface area contributed by atoms with Gasteiger partial charge in [-0.3, -0.25) is 9.10 Å². The minimum atomic E-state index is -3.72. The van der Waals surface area contributed by atoms with Crippen LogP contribution in [0.3, 0.4) is 0 Å². The Morgan fingerprint density at radius 2 is 1.40 bits per heavy atom. The fraction of sp³-hybridized carbons (Fsp3) is 0.350. The summed E-state index contributed by atoms with van der Waals surface area (Å²) >= 11 is 0. The third kappa shape index (κ3) is 5.69. The van der Waals surface area contributed by atoms with Crippen LogP contribution in [0.1, 0.15) is 5.56 Å². The van der Waals surface area contributed by atoms with Crippen LogP contribution in [-0.4, -0.2) is 55.6 Å². The molecular weight excluding hydrogens is 412 g/mol. The number of ether oxygens (including phenoxy) is 4. The van der Waals surface area contributed by atoms with Crippen molar-refractivity contribution in [1.82, 2.24) is 5.32 Å². The standard InChI is InChI=1S/C20H26N2O7S/c1-26-16-8-6-14(10-18(16)28-3)12-21-20(23)13-22(30(5,24)25)15-7-9-17(27-2)19(11-15)29-4/h6-11H,12-13H2,1-5H3,(H,21,23). The number of nitrogens with zero attached hydrogens (tertiary/aromatic N) is 1. The predicted molar refractivity (Wildman–Crippen MR) is 113 cm³/mol. The smallest absolute Gasteiger partial charge is 0.241 e. The fourth-order valence-corrected chi connectivity index (χ4v) is 3.61. The Hall–Kier alpha value is -3.14. The van der Waals surface area contributed by atoms with Gasteiger partial charge in [-0.05, 0) is 29.8 Å². The van der Waals surface area contributed by atoms with Crippen LogP contribution in [-0.2, 0) is 21.4 Å². The van der Waals surface area contributed by atoms with E-state index in [1.165, 1.54) is 34.5 Å². The number of benzene rings is 2. The predicted octanol–water partition coefficient (Wildman–Crippen LogP) is 1.80.